The summed E-state index contributed by atoms with van der Waals surface area (Å²) in [7, 11) is 5.15. The molecule has 4 aromatic rings. The molecule has 4 saturated carbocycles. The normalized spacial score (nSPS) is 23.3. The number of piperazine rings is 1. The van der Waals surface area contributed by atoms with Gasteiger partial charge < -0.3 is 30.1 Å². The number of halogens is 1. The van der Waals surface area contributed by atoms with Gasteiger partial charge in [-0.2, -0.15) is 4.98 Å². The van der Waals surface area contributed by atoms with Gasteiger partial charge in [-0.25, -0.2) is 9.37 Å². The quantitative estimate of drug-likeness (QED) is 0.210. The lowest BCUT2D eigenvalue weighted by atomic mass is 9.49. The first-order valence-electron chi connectivity index (χ1n) is 19.1. The van der Waals surface area contributed by atoms with Crippen LogP contribution in [-0.2, 0) is 9.59 Å². The lowest BCUT2D eigenvalue weighted by Gasteiger charge is -2.57. The van der Waals surface area contributed by atoms with Gasteiger partial charge in [-0.1, -0.05) is 6.07 Å². The Labute approximate surface area is 314 Å². The van der Waals surface area contributed by atoms with Crippen molar-refractivity contribution < 1.29 is 18.7 Å². The maximum atomic E-state index is 15.9. The van der Waals surface area contributed by atoms with Crippen LogP contribution in [0.2, 0.25) is 0 Å². The second kappa shape index (κ2) is 14.3. The number of nitrogens with one attached hydrogen (secondary N) is 2. The molecule has 0 atom stereocenters. The Kier molecular flexibility index (Phi) is 9.53. The molecule has 284 valence electrons. The number of likely N-dealkylation sites (N-methyl/N-ethyl adjacent to an activating group) is 1. The van der Waals surface area contributed by atoms with Crippen LogP contribution in [0.15, 0.2) is 53.5 Å². The highest BCUT2D eigenvalue weighted by atomic mass is 19.1. The van der Waals surface area contributed by atoms with Gasteiger partial charge in [0.2, 0.25) is 17.8 Å². The van der Waals surface area contributed by atoms with Crippen molar-refractivity contribution in [3.05, 3.63) is 70.4 Å². The van der Waals surface area contributed by atoms with Gasteiger partial charge in [0.05, 0.1) is 30.7 Å². The summed E-state index contributed by atoms with van der Waals surface area (Å²) < 4.78 is 23.1. The molecule has 2 aromatic carbocycles. The lowest BCUT2D eigenvalue weighted by molar-refractivity contribution is -0.139. The van der Waals surface area contributed by atoms with Crippen molar-refractivity contribution in [3.8, 4) is 11.4 Å². The maximum Gasteiger partial charge on any atom is 0.257 e. The molecule has 4 aliphatic carbocycles. The number of fused-ring (bicyclic) bond motifs is 1. The molecule has 0 unspecified atom stereocenters. The summed E-state index contributed by atoms with van der Waals surface area (Å²) in [5.41, 5.74) is 2.74. The summed E-state index contributed by atoms with van der Waals surface area (Å²) in [5.74, 6) is 2.62. The van der Waals surface area contributed by atoms with Crippen LogP contribution in [0.25, 0.3) is 16.7 Å². The van der Waals surface area contributed by atoms with Crippen molar-refractivity contribution in [2.45, 2.75) is 51.9 Å². The molecule has 1 aliphatic heterocycles. The molecule has 13 heteroatoms. The van der Waals surface area contributed by atoms with E-state index < -0.39 is 5.82 Å². The summed E-state index contributed by atoms with van der Waals surface area (Å²) in [6, 6.07) is 11.6. The Hall–Kier alpha value is -5.04. The summed E-state index contributed by atoms with van der Waals surface area (Å²) in [5, 5.41) is 6.64. The minimum Gasteiger partial charge on any atom is -0.494 e. The molecule has 9 rings (SSSR count). The molecule has 2 N–H and O–H groups in total. The Balaban J connectivity index is 0.987. The van der Waals surface area contributed by atoms with E-state index in [0.29, 0.717) is 77.7 Å². The van der Waals surface area contributed by atoms with Crippen molar-refractivity contribution in [1.82, 2.24) is 24.3 Å². The number of aryl methyl sites for hydroxylation is 1. The lowest BCUT2D eigenvalue weighted by Crippen LogP contribution is -2.52. The van der Waals surface area contributed by atoms with Gasteiger partial charge in [0.1, 0.15) is 11.6 Å². The van der Waals surface area contributed by atoms with Crippen LogP contribution in [0.3, 0.4) is 0 Å². The number of carbonyl (C=O) groups is 2. The van der Waals surface area contributed by atoms with E-state index in [1.165, 1.54) is 62.3 Å². The molecule has 5 fully saturated rings. The molecule has 0 radical (unpaired) electrons. The molecule has 2 amide bonds. The van der Waals surface area contributed by atoms with Gasteiger partial charge in [-0.05, 0) is 106 Å². The van der Waals surface area contributed by atoms with Gasteiger partial charge in [0.25, 0.3) is 5.56 Å². The topological polar surface area (TPSA) is 125 Å². The molecule has 54 heavy (non-hydrogen) atoms. The Morgan fingerprint density at radius 3 is 2.37 bits per heavy atom. The summed E-state index contributed by atoms with van der Waals surface area (Å²) in [6.45, 7) is 4.21. The third-order valence-corrected chi connectivity index (χ3v) is 12.0. The fourth-order valence-corrected chi connectivity index (χ4v) is 10.1. The van der Waals surface area contributed by atoms with E-state index in [1.54, 1.807) is 41.4 Å². The van der Waals surface area contributed by atoms with Crippen LogP contribution >= 0.6 is 0 Å². The zero-order valence-electron chi connectivity index (χ0n) is 31.5. The number of anilines is 4. The van der Waals surface area contributed by atoms with Crippen LogP contribution in [0.4, 0.5) is 27.4 Å². The zero-order chi connectivity index (χ0) is 37.7. The third kappa shape index (κ3) is 7.13. The van der Waals surface area contributed by atoms with Gasteiger partial charge in [-0.15, -0.1) is 0 Å². The second-order valence-electron chi connectivity index (χ2n) is 16.4. The predicted octanol–water partition coefficient (Wildman–Crippen LogP) is 5.74. The van der Waals surface area contributed by atoms with Crippen molar-refractivity contribution in [2.24, 2.45) is 23.2 Å². The van der Waals surface area contributed by atoms with E-state index in [-0.39, 0.29) is 35.3 Å². The van der Waals surface area contributed by atoms with E-state index in [2.05, 4.69) is 15.6 Å². The smallest absolute Gasteiger partial charge is 0.257 e. The number of hydrogen-bond donors (Lipinski definition) is 2. The SMILES string of the molecule is COc1cc(N2CCN(C(=O)CC34CC5CC(CC(C5)C3)C4)CC2)c(F)cc1Nc1ncc2c(C)cc(=O)n(-c3cccc(NC(=O)CN(C)C)c3)c2n1. The van der Waals surface area contributed by atoms with Gasteiger partial charge in [-0.3, -0.25) is 19.0 Å². The zero-order valence-corrected chi connectivity index (χ0v) is 31.5. The van der Waals surface area contributed by atoms with Crippen molar-refractivity contribution in [1.29, 1.82) is 0 Å². The maximum absolute atomic E-state index is 15.9. The highest BCUT2D eigenvalue weighted by Crippen LogP contribution is 2.61. The summed E-state index contributed by atoms with van der Waals surface area (Å²) in [6.07, 6.45) is 10.0. The third-order valence-electron chi connectivity index (χ3n) is 12.0. The molecule has 0 spiro atoms. The number of methoxy groups -OCH3 is 1. The minimum absolute atomic E-state index is 0.147. The van der Waals surface area contributed by atoms with Crippen LogP contribution in [-0.4, -0.2) is 90.1 Å². The van der Waals surface area contributed by atoms with Crippen molar-refractivity contribution in [2.75, 3.05) is 69.5 Å². The highest BCUT2D eigenvalue weighted by molar-refractivity contribution is 5.92. The Morgan fingerprint density at radius 2 is 1.70 bits per heavy atom. The number of nitrogens with zero attached hydrogens (tertiary/aromatic N) is 6. The van der Waals surface area contributed by atoms with E-state index in [4.69, 9.17) is 9.72 Å². The van der Waals surface area contributed by atoms with Gasteiger partial charge in [0, 0.05) is 68.1 Å². The summed E-state index contributed by atoms with van der Waals surface area (Å²) >= 11 is 0. The first kappa shape index (κ1) is 36.0. The Morgan fingerprint density at radius 1 is 1.00 bits per heavy atom. The largest absolute Gasteiger partial charge is 0.494 e. The van der Waals surface area contributed by atoms with Crippen LogP contribution < -0.4 is 25.8 Å². The number of carbonyl (C=O) groups excluding carboxylic acids is 2. The second-order valence-corrected chi connectivity index (χ2v) is 16.4. The molecule has 4 bridgehead atoms. The number of pyridine rings is 1. The highest BCUT2D eigenvalue weighted by Gasteiger charge is 2.51. The number of amides is 2. The molecule has 5 aliphatic rings. The number of rotatable bonds is 10. The first-order chi connectivity index (χ1) is 26.0. The standard InChI is InChI=1S/C41H49FN8O4/c1-25-12-37(52)50(30-7-5-6-29(16-30)44-36(51)24-47(2)3)39-31(25)23-43-40(46-39)45-33-17-32(42)34(18-35(33)54-4)48-8-10-49(11-9-48)38(53)22-41-19-26-13-27(20-41)15-28(14-26)21-41/h5-7,12,16-18,23,26-28H,8-11,13-15,19-22,24H2,1-4H3,(H,44,51)(H,43,45,46). The van der Waals surface area contributed by atoms with Crippen molar-refractivity contribution in [3.63, 3.8) is 0 Å². The first-order valence-corrected chi connectivity index (χ1v) is 19.1. The summed E-state index contributed by atoms with van der Waals surface area (Å²) in [4.78, 5) is 54.4. The molecule has 12 nitrogen and oxygen atoms in total. The molecule has 2 aromatic heterocycles. The van der Waals surface area contributed by atoms with Crippen LogP contribution in [0, 0.1) is 35.9 Å². The fourth-order valence-electron chi connectivity index (χ4n) is 10.1. The van der Waals surface area contributed by atoms with Gasteiger partial charge in [0.15, 0.2) is 5.65 Å². The van der Waals surface area contributed by atoms with Crippen molar-refractivity contribution >= 4 is 45.9 Å². The predicted molar refractivity (Wildman–Crippen MR) is 207 cm³/mol. The molecule has 1 saturated heterocycles. The van der Waals surface area contributed by atoms with Gasteiger partial charge >= 0.3 is 0 Å². The van der Waals surface area contributed by atoms with E-state index in [0.717, 1.165) is 17.8 Å². The van der Waals surface area contributed by atoms with E-state index in [9.17, 15) is 14.4 Å². The number of ether oxygens (including phenoxy) is 1. The van der Waals surface area contributed by atoms with E-state index >= 15 is 4.39 Å². The molecular formula is C41H49FN8O4. The monoisotopic (exact) mass is 736 g/mol. The average molecular weight is 737 g/mol. The number of benzene rings is 2. The fraction of sp³-hybridized carbons (Fsp3) is 0.488. The van der Waals surface area contributed by atoms with Crippen LogP contribution in [0.5, 0.6) is 5.75 Å². The number of aromatic nitrogens is 3. The van der Waals surface area contributed by atoms with Crippen LogP contribution in [0.1, 0.15) is 50.5 Å². The molecule has 3 heterocycles. The minimum atomic E-state index is -0.437. The van der Waals surface area contributed by atoms with E-state index in [1.807, 2.05) is 30.8 Å². The Bertz CT molecular complexity index is 2130. The number of hydrogen-bond acceptors (Lipinski definition) is 9. The average Bonchev–Trinajstić information content (AvgIpc) is 3.11. The molecular weight excluding hydrogens is 688 g/mol.